The van der Waals surface area contributed by atoms with Crippen LogP contribution in [0.15, 0.2) is 72.8 Å². The summed E-state index contributed by atoms with van der Waals surface area (Å²) in [6.45, 7) is 1.12. The van der Waals surface area contributed by atoms with Gasteiger partial charge in [0.1, 0.15) is 18.2 Å². The summed E-state index contributed by atoms with van der Waals surface area (Å²) in [6.07, 6.45) is 0. The second-order valence-electron chi connectivity index (χ2n) is 5.45. The molecule has 2 nitrogen and oxygen atoms in total. The topological polar surface area (TPSA) is 18.5 Å². The normalized spacial score (nSPS) is 10.6. The standard InChI is InChI=1S/C21H19FO2/c1-23-14-15-24-21-12-8-19(9-13-21)17-4-2-16(3-5-17)18-6-10-20(22)11-7-18/h2-13H,14-15H2,1H3. The predicted molar refractivity (Wildman–Crippen MR) is 94.6 cm³/mol. The van der Waals surface area contributed by atoms with E-state index < -0.39 is 0 Å². The van der Waals surface area contributed by atoms with Crippen molar-refractivity contribution in [1.82, 2.24) is 0 Å². The van der Waals surface area contributed by atoms with Crippen LogP contribution in [0, 0.1) is 5.82 Å². The molecule has 0 amide bonds. The van der Waals surface area contributed by atoms with Gasteiger partial charge < -0.3 is 9.47 Å². The van der Waals surface area contributed by atoms with Gasteiger partial charge in [0.25, 0.3) is 0 Å². The second kappa shape index (κ2) is 7.75. The number of rotatable bonds is 6. The minimum Gasteiger partial charge on any atom is -0.491 e. The highest BCUT2D eigenvalue weighted by atomic mass is 19.1. The monoisotopic (exact) mass is 322 g/mol. The maximum atomic E-state index is 13.0. The minimum absolute atomic E-state index is 0.219. The molecule has 0 aliphatic rings. The summed E-state index contributed by atoms with van der Waals surface area (Å²) in [5.41, 5.74) is 4.33. The second-order valence-corrected chi connectivity index (χ2v) is 5.45. The molecule has 0 aliphatic carbocycles. The van der Waals surface area contributed by atoms with Crippen LogP contribution in [0.3, 0.4) is 0 Å². The van der Waals surface area contributed by atoms with Gasteiger partial charge in [-0.3, -0.25) is 0 Å². The Kier molecular flexibility index (Phi) is 5.24. The van der Waals surface area contributed by atoms with Crippen LogP contribution in [0.2, 0.25) is 0 Å². The summed E-state index contributed by atoms with van der Waals surface area (Å²) >= 11 is 0. The maximum Gasteiger partial charge on any atom is 0.123 e. The number of hydrogen-bond acceptors (Lipinski definition) is 2. The number of benzene rings is 3. The molecule has 0 aliphatic heterocycles. The first-order valence-electron chi connectivity index (χ1n) is 7.84. The molecule has 3 aromatic carbocycles. The van der Waals surface area contributed by atoms with Crippen LogP contribution in [0.1, 0.15) is 0 Å². The Morgan fingerprint density at radius 2 is 1.04 bits per heavy atom. The first-order chi connectivity index (χ1) is 11.8. The highest BCUT2D eigenvalue weighted by Gasteiger charge is 2.02. The molecule has 0 heterocycles. The Bertz CT molecular complexity index is 762. The minimum atomic E-state index is -0.219. The van der Waals surface area contributed by atoms with Gasteiger partial charge in [0, 0.05) is 7.11 Å². The van der Waals surface area contributed by atoms with E-state index in [0.29, 0.717) is 13.2 Å². The molecule has 0 aromatic heterocycles. The van der Waals surface area contributed by atoms with Crippen molar-refractivity contribution in [3.63, 3.8) is 0 Å². The van der Waals surface area contributed by atoms with E-state index in [9.17, 15) is 4.39 Å². The number of ether oxygens (including phenoxy) is 2. The average Bonchev–Trinajstić information content (AvgIpc) is 2.63. The van der Waals surface area contributed by atoms with E-state index in [2.05, 4.69) is 12.1 Å². The molecular weight excluding hydrogens is 303 g/mol. The SMILES string of the molecule is COCCOc1ccc(-c2ccc(-c3ccc(F)cc3)cc2)cc1. The maximum absolute atomic E-state index is 13.0. The predicted octanol–water partition coefficient (Wildman–Crippen LogP) is 5.18. The van der Waals surface area contributed by atoms with Crippen molar-refractivity contribution in [2.24, 2.45) is 0 Å². The Morgan fingerprint density at radius 1 is 0.625 bits per heavy atom. The van der Waals surface area contributed by atoms with Crippen molar-refractivity contribution >= 4 is 0 Å². The van der Waals surface area contributed by atoms with Gasteiger partial charge in [-0.25, -0.2) is 4.39 Å². The van der Waals surface area contributed by atoms with Gasteiger partial charge in [-0.05, 0) is 46.5 Å². The van der Waals surface area contributed by atoms with Crippen LogP contribution >= 0.6 is 0 Å². The van der Waals surface area contributed by atoms with E-state index in [1.165, 1.54) is 12.1 Å². The van der Waals surface area contributed by atoms with Gasteiger partial charge in [0.05, 0.1) is 6.61 Å². The van der Waals surface area contributed by atoms with E-state index in [1.54, 1.807) is 19.2 Å². The van der Waals surface area contributed by atoms with Gasteiger partial charge in [-0.1, -0.05) is 48.5 Å². The van der Waals surface area contributed by atoms with E-state index >= 15 is 0 Å². The van der Waals surface area contributed by atoms with Crippen molar-refractivity contribution in [1.29, 1.82) is 0 Å². The van der Waals surface area contributed by atoms with Crippen LogP contribution in [-0.4, -0.2) is 20.3 Å². The largest absolute Gasteiger partial charge is 0.491 e. The average molecular weight is 322 g/mol. The lowest BCUT2D eigenvalue weighted by atomic mass is 10.0. The van der Waals surface area contributed by atoms with E-state index in [1.807, 2.05) is 36.4 Å². The zero-order chi connectivity index (χ0) is 16.8. The lowest BCUT2D eigenvalue weighted by Crippen LogP contribution is -2.03. The van der Waals surface area contributed by atoms with Crippen LogP contribution in [0.25, 0.3) is 22.3 Å². The van der Waals surface area contributed by atoms with E-state index in [4.69, 9.17) is 9.47 Å². The summed E-state index contributed by atoms with van der Waals surface area (Å²) in [6, 6.07) is 22.8. The fourth-order valence-electron chi connectivity index (χ4n) is 2.48. The lowest BCUT2D eigenvalue weighted by molar-refractivity contribution is 0.146. The fraction of sp³-hybridized carbons (Fsp3) is 0.143. The summed E-state index contributed by atoms with van der Waals surface area (Å²) < 4.78 is 23.5. The van der Waals surface area contributed by atoms with E-state index in [0.717, 1.165) is 28.0 Å². The molecule has 0 atom stereocenters. The molecule has 0 saturated carbocycles. The number of hydrogen-bond donors (Lipinski definition) is 0. The van der Waals surface area contributed by atoms with Crippen molar-refractivity contribution in [2.75, 3.05) is 20.3 Å². The molecule has 0 bridgehead atoms. The highest BCUT2D eigenvalue weighted by Crippen LogP contribution is 2.26. The van der Waals surface area contributed by atoms with Gasteiger partial charge in [0.2, 0.25) is 0 Å². The molecule has 0 saturated heterocycles. The molecule has 0 unspecified atom stereocenters. The van der Waals surface area contributed by atoms with Crippen molar-refractivity contribution in [2.45, 2.75) is 0 Å². The van der Waals surface area contributed by atoms with Gasteiger partial charge >= 0.3 is 0 Å². The molecule has 24 heavy (non-hydrogen) atoms. The third-order valence-corrected chi connectivity index (χ3v) is 3.81. The summed E-state index contributed by atoms with van der Waals surface area (Å²) in [5.74, 6) is 0.613. The first-order valence-corrected chi connectivity index (χ1v) is 7.84. The van der Waals surface area contributed by atoms with Gasteiger partial charge in [0.15, 0.2) is 0 Å². The molecule has 3 aromatic rings. The quantitative estimate of drug-likeness (QED) is 0.582. The lowest BCUT2D eigenvalue weighted by Gasteiger charge is -2.08. The summed E-state index contributed by atoms with van der Waals surface area (Å²) in [4.78, 5) is 0. The van der Waals surface area contributed by atoms with Crippen LogP contribution < -0.4 is 4.74 Å². The first kappa shape index (κ1) is 16.2. The Labute approximate surface area is 141 Å². The zero-order valence-electron chi connectivity index (χ0n) is 13.5. The van der Waals surface area contributed by atoms with Gasteiger partial charge in [-0.2, -0.15) is 0 Å². The number of halogens is 1. The third kappa shape index (κ3) is 4.00. The molecule has 0 N–H and O–H groups in total. The van der Waals surface area contributed by atoms with Crippen molar-refractivity contribution in [3.8, 4) is 28.0 Å². The van der Waals surface area contributed by atoms with Crippen LogP contribution in [0.5, 0.6) is 5.75 Å². The summed E-state index contributed by atoms with van der Waals surface area (Å²) in [7, 11) is 1.65. The highest BCUT2D eigenvalue weighted by molar-refractivity contribution is 5.70. The molecule has 122 valence electrons. The molecule has 3 heteroatoms. The van der Waals surface area contributed by atoms with Crippen molar-refractivity contribution in [3.05, 3.63) is 78.6 Å². The molecule has 0 fully saturated rings. The molecular formula is C21H19FO2. The third-order valence-electron chi connectivity index (χ3n) is 3.81. The Morgan fingerprint density at radius 3 is 1.50 bits per heavy atom. The van der Waals surface area contributed by atoms with Crippen LogP contribution in [0.4, 0.5) is 4.39 Å². The Hall–Kier alpha value is -2.65. The fourth-order valence-corrected chi connectivity index (χ4v) is 2.48. The zero-order valence-corrected chi connectivity index (χ0v) is 13.5. The Balaban J connectivity index is 1.72. The molecule has 3 rings (SSSR count). The van der Waals surface area contributed by atoms with Gasteiger partial charge in [-0.15, -0.1) is 0 Å². The molecule has 0 radical (unpaired) electrons. The molecule has 0 spiro atoms. The summed E-state index contributed by atoms with van der Waals surface area (Å²) in [5, 5.41) is 0. The number of methoxy groups -OCH3 is 1. The van der Waals surface area contributed by atoms with Crippen molar-refractivity contribution < 1.29 is 13.9 Å². The van der Waals surface area contributed by atoms with Crippen LogP contribution in [-0.2, 0) is 4.74 Å². The van der Waals surface area contributed by atoms with E-state index in [-0.39, 0.29) is 5.82 Å². The smallest absolute Gasteiger partial charge is 0.123 e.